The Morgan fingerprint density at radius 3 is 2.69 bits per heavy atom. The number of carbonyl (C=O) groups is 3. The van der Waals surface area contributed by atoms with E-state index in [0.717, 1.165) is 26.2 Å². The average Bonchev–Trinajstić information content (AvgIpc) is 3.40. The molecule has 2 aromatic rings. The van der Waals surface area contributed by atoms with Gasteiger partial charge in [0.1, 0.15) is 27.4 Å². The van der Waals surface area contributed by atoms with Crippen molar-refractivity contribution < 1.29 is 91.6 Å². The fourth-order valence-electron chi connectivity index (χ4n) is 3.26. The van der Waals surface area contributed by atoms with Gasteiger partial charge in [0, 0.05) is 16.4 Å². The molecule has 1 fully saturated rings. The van der Waals surface area contributed by atoms with E-state index in [4.69, 9.17) is 0 Å². The predicted octanol–water partition coefficient (Wildman–Crippen LogP) is -8.02. The number of thiophene rings is 1. The second kappa shape index (κ2) is 12.9. The summed E-state index contributed by atoms with van der Waals surface area (Å²) in [4.78, 5) is 38.7. The molecule has 1 unspecified atom stereocenters. The number of rotatable bonds is 9. The molecule has 1 N–H and O–H groups in total. The van der Waals surface area contributed by atoms with Gasteiger partial charge in [-0.2, -0.15) is 0 Å². The number of carboxylic acid groups (broad SMARTS) is 1. The van der Waals surface area contributed by atoms with Gasteiger partial charge in [-0.3, -0.25) is 14.5 Å². The first-order valence-electron chi connectivity index (χ1n) is 9.16. The van der Waals surface area contributed by atoms with Crippen molar-refractivity contribution in [1.82, 2.24) is 30.4 Å². The van der Waals surface area contributed by atoms with Crippen molar-refractivity contribution >= 4 is 62.8 Å². The normalized spacial score (nSPS) is 19.2. The number of nitrogens with zero attached hydrogens (tertiary/aromatic N) is 5. The number of β-lactam (4-membered cyclic amide) rings is 1. The first-order valence-corrected chi connectivity index (χ1v) is 13.7. The maximum Gasteiger partial charge on any atom is 1.00 e. The monoisotopic (exact) mass is 576 g/mol. The number of aromatic nitrogens is 4. The fraction of sp³-hybridized carbons (Fsp3) is 0.375. The molecular formula is C16H14N6Na2O7S4. The molecule has 2 aromatic heterocycles. The summed E-state index contributed by atoms with van der Waals surface area (Å²) >= 11 is 3.62. The number of amides is 2. The van der Waals surface area contributed by atoms with Gasteiger partial charge in [-0.25, -0.2) is 13.1 Å². The van der Waals surface area contributed by atoms with Crippen LogP contribution in [-0.2, 0) is 36.8 Å². The number of nitrogens with one attached hydrogen (secondary N) is 1. The molecule has 176 valence electrons. The van der Waals surface area contributed by atoms with Gasteiger partial charge in [-0.15, -0.1) is 28.2 Å². The summed E-state index contributed by atoms with van der Waals surface area (Å²) in [5.74, 6) is -3.17. The molecule has 2 atom stereocenters. The van der Waals surface area contributed by atoms with Crippen molar-refractivity contribution in [3.05, 3.63) is 33.7 Å². The van der Waals surface area contributed by atoms with Crippen LogP contribution < -0.4 is 69.5 Å². The molecule has 0 spiro atoms. The smallest absolute Gasteiger partial charge is 0.747 e. The third-order valence-electron chi connectivity index (χ3n) is 4.63. The van der Waals surface area contributed by atoms with Crippen LogP contribution in [0.25, 0.3) is 0 Å². The van der Waals surface area contributed by atoms with Crippen molar-refractivity contribution in [3.63, 3.8) is 0 Å². The Bertz CT molecular complexity index is 1240. The van der Waals surface area contributed by atoms with Crippen molar-refractivity contribution in [2.75, 3.05) is 11.5 Å². The summed E-state index contributed by atoms with van der Waals surface area (Å²) in [5, 5.41) is 26.1. The molecule has 1 saturated heterocycles. The first-order chi connectivity index (χ1) is 15.6. The number of thioether (sulfide) groups is 2. The largest absolute Gasteiger partial charge is 1.00 e. The topological polar surface area (TPSA) is 190 Å². The predicted molar refractivity (Wildman–Crippen MR) is 113 cm³/mol. The standard InChI is InChI=1S/C16H16N6O7S4.2Na/c23-10(4-9-2-1-3-30-9)17-11-13(24)22-12(15(25)26)8(5-31-14(11)22)6-32-16-18-19-20-21(16)7-33(27,28)29;;/h1-3,11,14H,4-7H2,(H,17,23)(H,25,26)(H,27,28,29);;/q;2*+1/p-2/t11?,14-;;/m1../s1. The van der Waals surface area contributed by atoms with E-state index >= 15 is 0 Å². The summed E-state index contributed by atoms with van der Waals surface area (Å²) in [6.07, 6.45) is 0.123. The number of hydrogen-bond acceptors (Lipinski definition) is 13. The van der Waals surface area contributed by atoms with Gasteiger partial charge < -0.3 is 19.8 Å². The molecule has 4 rings (SSSR count). The van der Waals surface area contributed by atoms with E-state index in [1.54, 1.807) is 6.07 Å². The minimum Gasteiger partial charge on any atom is -0.747 e. The molecule has 35 heavy (non-hydrogen) atoms. The maximum absolute atomic E-state index is 12.7. The molecule has 19 heteroatoms. The Morgan fingerprint density at radius 2 is 2.06 bits per heavy atom. The van der Waals surface area contributed by atoms with Crippen LogP contribution in [0.3, 0.4) is 0 Å². The van der Waals surface area contributed by atoms with Gasteiger partial charge in [0.2, 0.25) is 11.1 Å². The molecular weight excluding hydrogens is 562 g/mol. The number of aliphatic carboxylic acids is 1. The molecule has 0 aliphatic carbocycles. The number of fused-ring (bicyclic) bond motifs is 1. The van der Waals surface area contributed by atoms with E-state index < -0.39 is 39.3 Å². The number of carbonyl (C=O) groups excluding carboxylic acids is 3. The quantitative estimate of drug-likeness (QED) is 0.129. The molecule has 13 nitrogen and oxygen atoms in total. The van der Waals surface area contributed by atoms with Crippen LogP contribution in [0.4, 0.5) is 0 Å². The molecule has 4 heterocycles. The number of tetrazole rings is 1. The van der Waals surface area contributed by atoms with Crippen LogP contribution in [0.5, 0.6) is 0 Å². The van der Waals surface area contributed by atoms with Crippen LogP contribution in [0, 0.1) is 0 Å². The van der Waals surface area contributed by atoms with Gasteiger partial charge in [0.05, 0.1) is 18.1 Å². The van der Waals surface area contributed by atoms with Gasteiger partial charge in [0.25, 0.3) is 5.91 Å². The number of hydrogen-bond donors (Lipinski definition) is 1. The molecule has 0 saturated carbocycles. The second-order valence-electron chi connectivity index (χ2n) is 6.89. The minimum atomic E-state index is -4.63. The average molecular weight is 577 g/mol. The van der Waals surface area contributed by atoms with Crippen LogP contribution in [0.1, 0.15) is 4.88 Å². The second-order valence-corrected chi connectivity index (χ2v) is 11.3. The Balaban J connectivity index is 0.00000216. The Hall–Kier alpha value is -0.470. The summed E-state index contributed by atoms with van der Waals surface area (Å²) in [6.45, 7) is 0. The first kappa shape index (κ1) is 30.8. The van der Waals surface area contributed by atoms with E-state index in [0.29, 0.717) is 5.57 Å². The fourth-order valence-corrected chi connectivity index (χ4v) is 6.88. The van der Waals surface area contributed by atoms with E-state index in [-0.39, 0.29) is 93.8 Å². The minimum absolute atomic E-state index is 0. The SMILES string of the molecule is O=C(Cc1cccs1)NC1C(=O)N2C(C(=O)[O-])=C(CSc3nnnn3CS(=O)(=O)[O-])CS[C@H]12.[Na+].[Na+]. The summed E-state index contributed by atoms with van der Waals surface area (Å²) < 4.78 is 33.7. The van der Waals surface area contributed by atoms with Gasteiger partial charge >= 0.3 is 59.1 Å². The summed E-state index contributed by atoms with van der Waals surface area (Å²) in [6, 6.07) is 2.77. The van der Waals surface area contributed by atoms with Crippen molar-refractivity contribution in [3.8, 4) is 0 Å². The molecule has 2 aliphatic rings. The summed E-state index contributed by atoms with van der Waals surface area (Å²) in [5.41, 5.74) is 0.0490. The van der Waals surface area contributed by atoms with Crippen LogP contribution in [0.2, 0.25) is 0 Å². The third kappa shape index (κ3) is 7.31. The Labute approximate surface area is 256 Å². The Morgan fingerprint density at radius 1 is 1.31 bits per heavy atom. The Kier molecular flexibility index (Phi) is 11.3. The maximum atomic E-state index is 12.7. The van der Waals surface area contributed by atoms with E-state index in [9.17, 15) is 32.5 Å². The van der Waals surface area contributed by atoms with Crippen LogP contribution in [0.15, 0.2) is 33.9 Å². The molecule has 0 aromatic carbocycles. The van der Waals surface area contributed by atoms with E-state index in [1.807, 2.05) is 11.4 Å². The zero-order valence-corrected chi connectivity index (χ0v) is 25.7. The van der Waals surface area contributed by atoms with Crippen molar-refractivity contribution in [1.29, 1.82) is 0 Å². The molecule has 2 aliphatic heterocycles. The molecule has 2 amide bonds. The molecule has 0 bridgehead atoms. The van der Waals surface area contributed by atoms with E-state index in [1.165, 1.54) is 23.1 Å². The van der Waals surface area contributed by atoms with Gasteiger partial charge in [-0.1, -0.05) is 17.8 Å². The van der Waals surface area contributed by atoms with Gasteiger partial charge in [-0.05, 0) is 27.4 Å². The third-order valence-corrected chi connectivity index (χ3v) is 8.45. The van der Waals surface area contributed by atoms with Crippen LogP contribution >= 0.6 is 34.9 Å². The summed E-state index contributed by atoms with van der Waals surface area (Å²) in [7, 11) is -4.63. The molecule has 0 radical (unpaired) electrons. The number of carboxylic acids is 1. The zero-order chi connectivity index (χ0) is 23.8. The van der Waals surface area contributed by atoms with Crippen LogP contribution in [-0.4, -0.2) is 78.8 Å². The van der Waals surface area contributed by atoms with Crippen molar-refractivity contribution in [2.45, 2.75) is 28.9 Å². The van der Waals surface area contributed by atoms with Gasteiger partial charge in [0.15, 0.2) is 0 Å². The zero-order valence-electron chi connectivity index (χ0n) is 18.4. The van der Waals surface area contributed by atoms with Crippen molar-refractivity contribution in [2.24, 2.45) is 0 Å². The van der Waals surface area contributed by atoms with E-state index in [2.05, 4.69) is 20.8 Å².